The first-order chi connectivity index (χ1) is 10.6. The molecule has 3 N–H and O–H groups in total. The summed E-state index contributed by atoms with van der Waals surface area (Å²) in [4.78, 5) is 33.9. The number of anilines is 1. The van der Waals surface area contributed by atoms with Crippen LogP contribution in [0.5, 0.6) is 5.75 Å². The van der Waals surface area contributed by atoms with Crippen molar-refractivity contribution in [2.45, 2.75) is 20.8 Å². The van der Waals surface area contributed by atoms with Crippen LogP contribution in [0.1, 0.15) is 20.8 Å². The smallest absolute Gasteiger partial charge is 0.341 e. The van der Waals surface area contributed by atoms with Gasteiger partial charge in [0.15, 0.2) is 6.61 Å². The highest BCUT2D eigenvalue weighted by Crippen LogP contribution is 2.27. The molecule has 0 saturated carbocycles. The minimum atomic E-state index is -1.12. The molecule has 0 fully saturated rings. The van der Waals surface area contributed by atoms with Crippen molar-refractivity contribution in [3.8, 4) is 5.75 Å². The van der Waals surface area contributed by atoms with Crippen LogP contribution in [0.4, 0.5) is 5.69 Å². The predicted octanol–water partition coefficient (Wildman–Crippen LogP) is 1.90. The number of amides is 2. The molecular formula is C15H19ClN2O5. The number of halogens is 1. The number of hydrogen-bond donors (Lipinski definition) is 3. The van der Waals surface area contributed by atoms with Crippen LogP contribution in [0, 0.1) is 5.41 Å². The third kappa shape index (κ3) is 6.56. The van der Waals surface area contributed by atoms with Crippen molar-refractivity contribution in [3.63, 3.8) is 0 Å². The summed E-state index contributed by atoms with van der Waals surface area (Å²) >= 11 is 5.94. The molecule has 2 amide bonds. The summed E-state index contributed by atoms with van der Waals surface area (Å²) < 4.78 is 4.97. The Morgan fingerprint density at radius 1 is 1.26 bits per heavy atom. The van der Waals surface area contributed by atoms with Crippen LogP contribution in [0.15, 0.2) is 18.2 Å². The van der Waals surface area contributed by atoms with Gasteiger partial charge in [-0.25, -0.2) is 4.79 Å². The molecule has 8 heteroatoms. The molecule has 0 aliphatic heterocycles. The average molecular weight is 343 g/mol. The third-order valence-corrected chi connectivity index (χ3v) is 2.95. The van der Waals surface area contributed by atoms with Crippen LogP contribution in [0.2, 0.25) is 5.02 Å². The van der Waals surface area contributed by atoms with E-state index in [2.05, 4.69) is 10.6 Å². The quantitative estimate of drug-likeness (QED) is 0.732. The van der Waals surface area contributed by atoms with E-state index in [4.69, 9.17) is 21.4 Å². The normalized spacial score (nSPS) is 10.8. The second-order valence-electron chi connectivity index (χ2n) is 5.81. The number of aliphatic carboxylic acids is 1. The molecular weight excluding hydrogens is 324 g/mol. The molecule has 0 aromatic heterocycles. The van der Waals surface area contributed by atoms with Crippen molar-refractivity contribution in [2.75, 3.05) is 18.5 Å². The number of carbonyl (C=O) groups excluding carboxylic acids is 2. The van der Waals surface area contributed by atoms with Gasteiger partial charge >= 0.3 is 5.97 Å². The van der Waals surface area contributed by atoms with Crippen LogP contribution in [-0.2, 0) is 14.4 Å². The number of ether oxygens (including phenoxy) is 1. The van der Waals surface area contributed by atoms with Crippen molar-refractivity contribution >= 4 is 35.1 Å². The maximum absolute atomic E-state index is 11.8. The fourth-order valence-electron chi connectivity index (χ4n) is 1.47. The lowest BCUT2D eigenvalue weighted by Gasteiger charge is -2.17. The van der Waals surface area contributed by atoms with Crippen molar-refractivity contribution in [2.24, 2.45) is 5.41 Å². The molecule has 1 aromatic rings. The predicted molar refractivity (Wildman–Crippen MR) is 85.7 cm³/mol. The minimum absolute atomic E-state index is 0.162. The van der Waals surface area contributed by atoms with Gasteiger partial charge in [0, 0.05) is 11.1 Å². The lowest BCUT2D eigenvalue weighted by Crippen LogP contribution is -2.39. The van der Waals surface area contributed by atoms with E-state index in [9.17, 15) is 14.4 Å². The van der Waals surface area contributed by atoms with E-state index in [1.165, 1.54) is 18.2 Å². The number of hydrogen-bond acceptors (Lipinski definition) is 4. The van der Waals surface area contributed by atoms with Crippen molar-refractivity contribution in [3.05, 3.63) is 23.2 Å². The van der Waals surface area contributed by atoms with E-state index in [1.54, 1.807) is 20.8 Å². The lowest BCUT2D eigenvalue weighted by atomic mass is 9.96. The molecule has 0 bridgehead atoms. The van der Waals surface area contributed by atoms with Crippen molar-refractivity contribution in [1.82, 2.24) is 5.32 Å². The van der Waals surface area contributed by atoms with Crippen molar-refractivity contribution in [1.29, 1.82) is 0 Å². The molecule has 1 rings (SSSR count). The molecule has 0 aliphatic rings. The molecule has 1 aromatic carbocycles. The second kappa shape index (κ2) is 7.82. The molecule has 0 aliphatic carbocycles. The van der Waals surface area contributed by atoms with Gasteiger partial charge in [0.25, 0.3) is 0 Å². The molecule has 0 unspecified atom stereocenters. The Balaban J connectivity index is 2.57. The van der Waals surface area contributed by atoms with Crippen LogP contribution in [0.3, 0.4) is 0 Å². The van der Waals surface area contributed by atoms with Crippen LogP contribution in [-0.4, -0.2) is 36.0 Å². The van der Waals surface area contributed by atoms with E-state index >= 15 is 0 Å². The second-order valence-corrected chi connectivity index (χ2v) is 6.22. The van der Waals surface area contributed by atoms with E-state index in [-0.39, 0.29) is 23.2 Å². The number of carbonyl (C=O) groups is 3. The van der Waals surface area contributed by atoms with Gasteiger partial charge in [0.05, 0.1) is 11.6 Å². The largest absolute Gasteiger partial charge is 0.480 e. The average Bonchev–Trinajstić information content (AvgIpc) is 2.42. The first-order valence-electron chi connectivity index (χ1n) is 6.82. The highest BCUT2D eigenvalue weighted by atomic mass is 35.5. The van der Waals surface area contributed by atoms with Gasteiger partial charge in [-0.1, -0.05) is 32.4 Å². The fraction of sp³-hybridized carbons (Fsp3) is 0.400. The molecule has 126 valence electrons. The Morgan fingerprint density at radius 2 is 1.91 bits per heavy atom. The Hall–Kier alpha value is -2.28. The summed E-state index contributed by atoms with van der Waals surface area (Å²) in [6.07, 6.45) is 0. The summed E-state index contributed by atoms with van der Waals surface area (Å²) in [5.74, 6) is -1.55. The topological polar surface area (TPSA) is 105 Å². The van der Waals surface area contributed by atoms with Gasteiger partial charge in [0.1, 0.15) is 5.75 Å². The Bertz CT molecular complexity index is 610. The number of rotatable bonds is 6. The zero-order valence-corrected chi connectivity index (χ0v) is 13.9. The van der Waals surface area contributed by atoms with E-state index in [0.29, 0.717) is 5.69 Å². The van der Waals surface area contributed by atoms with E-state index < -0.39 is 23.9 Å². The monoisotopic (exact) mass is 342 g/mol. The highest BCUT2D eigenvalue weighted by molar-refractivity contribution is 6.32. The summed E-state index contributed by atoms with van der Waals surface area (Å²) in [6.45, 7) is 4.57. The zero-order chi connectivity index (χ0) is 17.6. The van der Waals surface area contributed by atoms with E-state index in [0.717, 1.165) is 0 Å². The Kier molecular flexibility index (Phi) is 6.38. The molecule has 23 heavy (non-hydrogen) atoms. The van der Waals surface area contributed by atoms with Gasteiger partial charge in [-0.05, 0) is 18.2 Å². The van der Waals surface area contributed by atoms with Crippen LogP contribution in [0.25, 0.3) is 0 Å². The summed E-state index contributed by atoms with van der Waals surface area (Å²) in [7, 11) is 0. The SMILES string of the molecule is CC(C)(C)C(=O)NCC(=O)Nc1ccc(OCC(=O)O)c(Cl)c1. The van der Waals surface area contributed by atoms with Crippen LogP contribution < -0.4 is 15.4 Å². The Morgan fingerprint density at radius 3 is 2.43 bits per heavy atom. The van der Waals surface area contributed by atoms with E-state index in [1.807, 2.05) is 0 Å². The van der Waals surface area contributed by atoms with Gasteiger partial charge in [-0.2, -0.15) is 0 Å². The molecule has 0 spiro atoms. The maximum atomic E-state index is 11.8. The van der Waals surface area contributed by atoms with Gasteiger partial charge in [-0.15, -0.1) is 0 Å². The molecule has 0 atom stereocenters. The molecule has 0 heterocycles. The van der Waals surface area contributed by atoms with Gasteiger partial charge < -0.3 is 20.5 Å². The summed E-state index contributed by atoms with van der Waals surface area (Å²) in [5.41, 5.74) is -0.167. The first-order valence-corrected chi connectivity index (χ1v) is 7.19. The van der Waals surface area contributed by atoms with Gasteiger partial charge in [-0.3, -0.25) is 9.59 Å². The fourth-order valence-corrected chi connectivity index (χ4v) is 1.70. The number of nitrogens with one attached hydrogen (secondary N) is 2. The molecule has 0 radical (unpaired) electrons. The number of carboxylic acids is 1. The number of benzene rings is 1. The summed E-state index contributed by atoms with van der Waals surface area (Å²) in [5, 5.41) is 13.8. The minimum Gasteiger partial charge on any atom is -0.480 e. The standard InChI is InChI=1S/C15H19ClN2O5/c1-15(2,3)14(22)17-7-12(19)18-9-4-5-11(10(16)6-9)23-8-13(20)21/h4-6H,7-8H2,1-3H3,(H,17,22)(H,18,19)(H,20,21). The maximum Gasteiger partial charge on any atom is 0.341 e. The zero-order valence-electron chi connectivity index (χ0n) is 13.1. The highest BCUT2D eigenvalue weighted by Gasteiger charge is 2.21. The number of carboxylic acid groups (broad SMARTS) is 1. The first kappa shape index (κ1) is 18.8. The van der Waals surface area contributed by atoms with Crippen molar-refractivity contribution < 1.29 is 24.2 Å². The summed E-state index contributed by atoms with van der Waals surface area (Å²) in [6, 6.07) is 4.41. The third-order valence-electron chi connectivity index (χ3n) is 2.66. The van der Waals surface area contributed by atoms with Gasteiger partial charge in [0.2, 0.25) is 11.8 Å². The molecule has 7 nitrogen and oxygen atoms in total. The lowest BCUT2D eigenvalue weighted by molar-refractivity contribution is -0.139. The molecule has 0 saturated heterocycles. The Labute approximate surface area is 139 Å². The van der Waals surface area contributed by atoms with Crippen LogP contribution >= 0.6 is 11.6 Å².